The highest BCUT2D eigenvalue weighted by Gasteiger charge is 2.20. The summed E-state index contributed by atoms with van der Waals surface area (Å²) in [7, 11) is 1.33. The predicted octanol–water partition coefficient (Wildman–Crippen LogP) is 4.40. The molecule has 0 saturated heterocycles. The van der Waals surface area contributed by atoms with Crippen LogP contribution >= 0.6 is 11.8 Å². The molecule has 0 spiro atoms. The van der Waals surface area contributed by atoms with Crippen LogP contribution in [-0.4, -0.2) is 52.4 Å². The van der Waals surface area contributed by atoms with Crippen LogP contribution in [0.15, 0.2) is 48.6 Å². The Bertz CT molecular complexity index is 601. The van der Waals surface area contributed by atoms with Gasteiger partial charge in [0.2, 0.25) is 0 Å². The van der Waals surface area contributed by atoms with E-state index in [1.54, 1.807) is 0 Å². The van der Waals surface area contributed by atoms with E-state index in [1.807, 2.05) is 30.4 Å². The van der Waals surface area contributed by atoms with Gasteiger partial charge in [0.25, 0.3) is 0 Å². The van der Waals surface area contributed by atoms with E-state index in [2.05, 4.69) is 29.9 Å². The summed E-state index contributed by atoms with van der Waals surface area (Å²) in [6.07, 6.45) is 22.1. The van der Waals surface area contributed by atoms with Gasteiger partial charge in [0, 0.05) is 17.4 Å². The Labute approximate surface area is 191 Å². The first-order valence-corrected chi connectivity index (χ1v) is 12.0. The molecule has 31 heavy (non-hydrogen) atoms. The minimum absolute atomic E-state index is 0.187. The van der Waals surface area contributed by atoms with Crippen molar-refractivity contribution in [3.05, 3.63) is 48.6 Å². The van der Waals surface area contributed by atoms with Crippen LogP contribution in [0.4, 0.5) is 0 Å². The van der Waals surface area contributed by atoms with Crippen LogP contribution in [0.3, 0.4) is 0 Å². The molecule has 0 saturated carbocycles. The van der Waals surface area contributed by atoms with Crippen molar-refractivity contribution < 1.29 is 24.5 Å². The maximum absolute atomic E-state index is 11.2. The lowest BCUT2D eigenvalue weighted by Gasteiger charge is -2.20. The smallest absolute Gasteiger partial charge is 0.321 e. The lowest BCUT2D eigenvalue weighted by Crippen LogP contribution is -2.34. The molecule has 0 radical (unpaired) electrons. The number of unbranched alkanes of at least 4 members (excludes halogenated alkanes) is 3. The van der Waals surface area contributed by atoms with Gasteiger partial charge in [-0.15, -0.1) is 11.8 Å². The number of aliphatic hydroxyl groups excluding tert-OH is 1. The minimum Gasteiger partial charge on any atom is -0.480 e. The molecule has 3 atom stereocenters. The summed E-state index contributed by atoms with van der Waals surface area (Å²) in [5.74, 6) is -1.20. The van der Waals surface area contributed by atoms with Gasteiger partial charge < -0.3 is 20.7 Å². The summed E-state index contributed by atoms with van der Waals surface area (Å²) in [5, 5.41) is 19.1. The topological polar surface area (TPSA) is 110 Å². The van der Waals surface area contributed by atoms with Crippen molar-refractivity contribution in [2.24, 2.45) is 5.73 Å². The van der Waals surface area contributed by atoms with Crippen molar-refractivity contribution in [2.75, 3.05) is 12.9 Å². The van der Waals surface area contributed by atoms with Crippen LogP contribution in [0, 0.1) is 0 Å². The molecule has 4 N–H and O–H groups in total. The monoisotopic (exact) mass is 453 g/mol. The number of nitrogens with two attached hydrogens (primary N) is 1. The van der Waals surface area contributed by atoms with Gasteiger partial charge in [-0.1, -0.05) is 68.4 Å². The Morgan fingerprint density at radius 3 is 2.48 bits per heavy atom. The quantitative estimate of drug-likeness (QED) is 0.122. The first kappa shape index (κ1) is 29.2. The number of hydrogen-bond donors (Lipinski definition) is 3. The van der Waals surface area contributed by atoms with Crippen LogP contribution < -0.4 is 5.73 Å². The van der Waals surface area contributed by atoms with Gasteiger partial charge in [-0.2, -0.15) is 0 Å². The van der Waals surface area contributed by atoms with Gasteiger partial charge in [0.05, 0.1) is 13.2 Å². The van der Waals surface area contributed by atoms with Crippen LogP contribution in [0.1, 0.15) is 58.3 Å². The molecular weight excluding hydrogens is 414 g/mol. The fraction of sp³-hybridized carbons (Fsp3) is 0.583. The molecule has 0 bridgehead atoms. The highest BCUT2D eigenvalue weighted by atomic mass is 32.2. The van der Waals surface area contributed by atoms with Gasteiger partial charge in [-0.3, -0.25) is 9.59 Å². The number of aliphatic carboxylic acids is 1. The number of allylic oxidation sites excluding steroid dienone is 7. The largest absolute Gasteiger partial charge is 0.480 e. The zero-order valence-corrected chi connectivity index (χ0v) is 19.6. The van der Waals surface area contributed by atoms with Crippen molar-refractivity contribution in [2.45, 2.75) is 75.7 Å². The standard InChI is InChI=1S/C24H39NO5S/c1-3-4-5-6-7-8-9-10-11-12-13-14-17-22(31-19-20(25)24(28)29)21(26)16-15-18-23(27)30-2/h7-8,10-14,17,20-22,26H,3-6,9,15-16,18-19,25H2,1-2H3,(H,28,29)/t20-,21?,22?/m0/s1. The second-order valence-corrected chi connectivity index (χ2v) is 8.39. The van der Waals surface area contributed by atoms with Crippen LogP contribution in [-0.2, 0) is 14.3 Å². The Morgan fingerprint density at radius 2 is 1.81 bits per heavy atom. The molecule has 2 unspecified atom stereocenters. The number of carboxylic acids is 1. The first-order chi connectivity index (χ1) is 14.9. The number of aliphatic hydroxyl groups is 1. The summed E-state index contributed by atoms with van der Waals surface area (Å²) in [4.78, 5) is 22.2. The van der Waals surface area contributed by atoms with Crippen LogP contribution in [0.5, 0.6) is 0 Å². The average Bonchev–Trinajstić information content (AvgIpc) is 2.75. The lowest BCUT2D eigenvalue weighted by molar-refractivity contribution is -0.141. The maximum atomic E-state index is 11.2. The number of thioether (sulfide) groups is 1. The van der Waals surface area contributed by atoms with Crippen LogP contribution in [0.2, 0.25) is 0 Å². The Kier molecular flexibility index (Phi) is 18.9. The van der Waals surface area contributed by atoms with E-state index in [0.717, 1.165) is 12.8 Å². The molecule has 0 amide bonds. The molecule has 7 heteroatoms. The third-order valence-corrected chi connectivity index (χ3v) is 5.86. The van der Waals surface area contributed by atoms with Gasteiger partial charge in [0.1, 0.15) is 6.04 Å². The van der Waals surface area contributed by atoms with E-state index >= 15 is 0 Å². The molecular formula is C24H39NO5S. The number of carboxylic acid groups (broad SMARTS) is 1. The number of carbonyl (C=O) groups is 2. The number of esters is 1. The normalized spacial score (nSPS) is 15.2. The van der Waals surface area contributed by atoms with Gasteiger partial charge in [-0.05, 0) is 32.1 Å². The average molecular weight is 454 g/mol. The van der Waals surface area contributed by atoms with Crippen molar-refractivity contribution in [3.63, 3.8) is 0 Å². The molecule has 6 nitrogen and oxygen atoms in total. The van der Waals surface area contributed by atoms with E-state index < -0.39 is 18.1 Å². The minimum atomic E-state index is -1.07. The summed E-state index contributed by atoms with van der Waals surface area (Å²) < 4.78 is 4.61. The van der Waals surface area contributed by atoms with E-state index in [-0.39, 0.29) is 23.4 Å². The number of methoxy groups -OCH3 is 1. The molecule has 0 aliphatic rings. The molecule has 0 aliphatic carbocycles. The molecule has 0 aromatic heterocycles. The first-order valence-electron chi connectivity index (χ1n) is 10.9. The maximum Gasteiger partial charge on any atom is 0.321 e. The zero-order chi connectivity index (χ0) is 23.3. The molecule has 176 valence electrons. The van der Waals surface area contributed by atoms with Crippen molar-refractivity contribution in [1.29, 1.82) is 0 Å². The summed E-state index contributed by atoms with van der Waals surface area (Å²) in [6.45, 7) is 2.20. The third-order valence-electron chi connectivity index (χ3n) is 4.46. The highest BCUT2D eigenvalue weighted by molar-refractivity contribution is 8.00. The number of carbonyl (C=O) groups excluding carboxylic acids is 1. The Hall–Kier alpha value is -1.83. The van der Waals surface area contributed by atoms with Gasteiger partial charge in [0.15, 0.2) is 0 Å². The molecule has 0 heterocycles. The Morgan fingerprint density at radius 1 is 1.06 bits per heavy atom. The molecule has 0 aromatic rings. The summed E-state index contributed by atoms with van der Waals surface area (Å²) in [6, 6.07) is -0.989. The van der Waals surface area contributed by atoms with Gasteiger partial charge in [-0.25, -0.2) is 0 Å². The number of hydrogen-bond acceptors (Lipinski definition) is 6. The highest BCUT2D eigenvalue weighted by Crippen LogP contribution is 2.21. The Balaban J connectivity index is 4.55. The molecule has 0 fully saturated rings. The van der Waals surface area contributed by atoms with Gasteiger partial charge >= 0.3 is 11.9 Å². The second kappa shape index (κ2) is 20.1. The number of ether oxygens (including phenoxy) is 1. The molecule has 0 aromatic carbocycles. The summed E-state index contributed by atoms with van der Waals surface area (Å²) in [5.41, 5.74) is 5.58. The SMILES string of the molecule is CCCCCC=CCC=CC=CC=CC(SC[C@H](N)C(=O)O)C(O)CCCC(=O)OC. The second-order valence-electron chi connectivity index (χ2n) is 7.18. The van der Waals surface area contributed by atoms with Crippen molar-refractivity contribution >= 4 is 23.7 Å². The fourth-order valence-electron chi connectivity index (χ4n) is 2.57. The van der Waals surface area contributed by atoms with E-state index in [4.69, 9.17) is 10.8 Å². The predicted molar refractivity (Wildman–Crippen MR) is 129 cm³/mol. The lowest BCUT2D eigenvalue weighted by atomic mass is 10.1. The van der Waals surface area contributed by atoms with Crippen molar-refractivity contribution in [3.8, 4) is 0 Å². The van der Waals surface area contributed by atoms with E-state index in [1.165, 1.54) is 38.1 Å². The van der Waals surface area contributed by atoms with Crippen LogP contribution in [0.25, 0.3) is 0 Å². The van der Waals surface area contributed by atoms with E-state index in [0.29, 0.717) is 12.8 Å². The van der Waals surface area contributed by atoms with Crippen molar-refractivity contribution in [1.82, 2.24) is 0 Å². The fourth-order valence-corrected chi connectivity index (χ4v) is 3.70. The zero-order valence-electron chi connectivity index (χ0n) is 18.8. The summed E-state index contributed by atoms with van der Waals surface area (Å²) >= 11 is 1.29. The van der Waals surface area contributed by atoms with E-state index in [9.17, 15) is 14.7 Å². The molecule has 0 aliphatic heterocycles. The third kappa shape index (κ3) is 17.5. The number of rotatable bonds is 18. The molecule has 0 rings (SSSR count).